The summed E-state index contributed by atoms with van der Waals surface area (Å²) in [7, 11) is 0. The number of halogens is 2. The van der Waals surface area contributed by atoms with Crippen LogP contribution in [0.4, 0.5) is 8.78 Å². The summed E-state index contributed by atoms with van der Waals surface area (Å²) in [6, 6.07) is 6.53. The van der Waals surface area contributed by atoms with Gasteiger partial charge in [-0.2, -0.15) is 8.78 Å². The van der Waals surface area contributed by atoms with Crippen LogP contribution in [0.5, 0.6) is 11.5 Å². The molecular formula is C14H21F2NO2. The van der Waals surface area contributed by atoms with Crippen LogP contribution in [0.25, 0.3) is 0 Å². The van der Waals surface area contributed by atoms with Gasteiger partial charge < -0.3 is 15.2 Å². The summed E-state index contributed by atoms with van der Waals surface area (Å²) >= 11 is 0. The van der Waals surface area contributed by atoms with Gasteiger partial charge in [-0.1, -0.05) is 18.9 Å². The molecule has 0 bridgehead atoms. The van der Waals surface area contributed by atoms with Crippen LogP contribution in [-0.4, -0.2) is 19.3 Å². The Morgan fingerprint density at radius 2 is 1.89 bits per heavy atom. The smallest absolute Gasteiger partial charge is 0.387 e. The lowest BCUT2D eigenvalue weighted by Gasteiger charge is -2.09. The van der Waals surface area contributed by atoms with Crippen molar-refractivity contribution in [1.29, 1.82) is 0 Å². The second-order valence-corrected chi connectivity index (χ2v) is 4.53. The van der Waals surface area contributed by atoms with E-state index in [1.807, 2.05) is 6.92 Å². The molecule has 2 N–H and O–H groups in total. The van der Waals surface area contributed by atoms with E-state index in [2.05, 4.69) is 4.74 Å². The van der Waals surface area contributed by atoms with Gasteiger partial charge in [0, 0.05) is 12.1 Å². The van der Waals surface area contributed by atoms with E-state index >= 15 is 0 Å². The molecule has 1 atom stereocenters. The number of hydrogen-bond donors (Lipinski definition) is 1. The summed E-state index contributed by atoms with van der Waals surface area (Å²) in [5.41, 5.74) is 5.65. The van der Waals surface area contributed by atoms with Crippen molar-refractivity contribution in [1.82, 2.24) is 0 Å². The number of ether oxygens (including phenoxy) is 2. The quantitative estimate of drug-likeness (QED) is 0.699. The zero-order valence-electron chi connectivity index (χ0n) is 11.1. The summed E-state index contributed by atoms with van der Waals surface area (Å²) in [5, 5.41) is 0. The highest BCUT2D eigenvalue weighted by molar-refractivity contribution is 5.32. The third kappa shape index (κ3) is 7.62. The van der Waals surface area contributed by atoms with Crippen LogP contribution in [0.15, 0.2) is 24.3 Å². The van der Waals surface area contributed by atoms with Gasteiger partial charge in [-0.25, -0.2) is 0 Å². The molecule has 19 heavy (non-hydrogen) atoms. The van der Waals surface area contributed by atoms with Crippen LogP contribution < -0.4 is 15.2 Å². The standard InChI is InChI=1S/C14H21F2NO2/c1-11(17)6-3-2-4-9-18-12-7-5-8-13(10-12)19-14(15)16/h5,7-8,10-11,14H,2-4,6,9,17H2,1H3/t11-/m1/s1. The molecule has 1 aromatic carbocycles. The van der Waals surface area contributed by atoms with Crippen molar-refractivity contribution in [2.45, 2.75) is 45.3 Å². The minimum Gasteiger partial charge on any atom is -0.493 e. The Balaban J connectivity index is 2.22. The average Bonchev–Trinajstić information content (AvgIpc) is 2.33. The molecule has 0 aliphatic carbocycles. The van der Waals surface area contributed by atoms with Gasteiger partial charge in [0.2, 0.25) is 0 Å². The van der Waals surface area contributed by atoms with Crippen molar-refractivity contribution < 1.29 is 18.3 Å². The fourth-order valence-electron chi connectivity index (χ4n) is 1.68. The van der Waals surface area contributed by atoms with Gasteiger partial charge in [0.1, 0.15) is 11.5 Å². The van der Waals surface area contributed by atoms with Gasteiger partial charge in [-0.3, -0.25) is 0 Å². The predicted molar refractivity (Wildman–Crippen MR) is 70.7 cm³/mol. The molecule has 0 fully saturated rings. The first-order valence-corrected chi connectivity index (χ1v) is 6.51. The molecular weight excluding hydrogens is 252 g/mol. The number of nitrogens with two attached hydrogens (primary N) is 1. The fourth-order valence-corrected chi connectivity index (χ4v) is 1.68. The summed E-state index contributed by atoms with van der Waals surface area (Å²) in [4.78, 5) is 0. The van der Waals surface area contributed by atoms with Crippen LogP contribution in [0.3, 0.4) is 0 Å². The normalized spacial score (nSPS) is 12.5. The number of benzene rings is 1. The van der Waals surface area contributed by atoms with Gasteiger partial charge in [-0.15, -0.1) is 0 Å². The zero-order valence-corrected chi connectivity index (χ0v) is 11.1. The molecule has 0 amide bonds. The van der Waals surface area contributed by atoms with Gasteiger partial charge in [-0.05, 0) is 31.9 Å². The average molecular weight is 273 g/mol. The maximum absolute atomic E-state index is 12.0. The second kappa shape index (κ2) is 8.69. The Kier molecular flexibility index (Phi) is 7.18. The van der Waals surface area contributed by atoms with E-state index in [9.17, 15) is 8.78 Å². The number of rotatable bonds is 9. The predicted octanol–water partition coefficient (Wildman–Crippen LogP) is 3.57. The molecule has 0 spiro atoms. The number of alkyl halides is 2. The van der Waals surface area contributed by atoms with Crippen molar-refractivity contribution in [3.8, 4) is 11.5 Å². The van der Waals surface area contributed by atoms with Crippen molar-refractivity contribution in [2.75, 3.05) is 6.61 Å². The third-order valence-electron chi connectivity index (χ3n) is 2.60. The summed E-state index contributed by atoms with van der Waals surface area (Å²) in [6.07, 6.45) is 4.06. The summed E-state index contributed by atoms with van der Waals surface area (Å²) < 4.78 is 33.8. The van der Waals surface area contributed by atoms with Crippen LogP contribution in [-0.2, 0) is 0 Å². The lowest BCUT2D eigenvalue weighted by atomic mass is 10.1. The molecule has 0 saturated heterocycles. The molecule has 0 saturated carbocycles. The third-order valence-corrected chi connectivity index (χ3v) is 2.60. The molecule has 0 aromatic heterocycles. The van der Waals surface area contributed by atoms with Gasteiger partial charge in [0.15, 0.2) is 0 Å². The van der Waals surface area contributed by atoms with Gasteiger partial charge in [0.05, 0.1) is 6.61 Å². The SMILES string of the molecule is C[C@@H](N)CCCCCOc1cccc(OC(F)F)c1. The van der Waals surface area contributed by atoms with Gasteiger partial charge in [0.25, 0.3) is 0 Å². The fraction of sp³-hybridized carbons (Fsp3) is 0.571. The minimum absolute atomic E-state index is 0.115. The molecule has 1 rings (SSSR count). The molecule has 0 heterocycles. The maximum atomic E-state index is 12.0. The topological polar surface area (TPSA) is 44.5 Å². The summed E-state index contributed by atoms with van der Waals surface area (Å²) in [6.45, 7) is -0.254. The molecule has 0 aliphatic heterocycles. The molecule has 0 radical (unpaired) electrons. The van der Waals surface area contributed by atoms with E-state index in [1.165, 1.54) is 12.1 Å². The Morgan fingerprint density at radius 1 is 1.16 bits per heavy atom. The van der Waals surface area contributed by atoms with E-state index < -0.39 is 6.61 Å². The van der Waals surface area contributed by atoms with E-state index in [0.717, 1.165) is 25.7 Å². The van der Waals surface area contributed by atoms with Crippen molar-refractivity contribution in [3.63, 3.8) is 0 Å². The second-order valence-electron chi connectivity index (χ2n) is 4.53. The van der Waals surface area contributed by atoms with E-state index in [0.29, 0.717) is 12.4 Å². The monoisotopic (exact) mass is 273 g/mol. The number of hydrogen-bond acceptors (Lipinski definition) is 3. The van der Waals surface area contributed by atoms with E-state index in [-0.39, 0.29) is 11.8 Å². The first-order valence-electron chi connectivity index (χ1n) is 6.51. The minimum atomic E-state index is -2.81. The molecule has 108 valence electrons. The first kappa shape index (κ1) is 15.7. The largest absolute Gasteiger partial charge is 0.493 e. The zero-order chi connectivity index (χ0) is 14.1. The molecule has 1 aromatic rings. The highest BCUT2D eigenvalue weighted by atomic mass is 19.3. The van der Waals surface area contributed by atoms with Gasteiger partial charge >= 0.3 is 6.61 Å². The Hall–Kier alpha value is -1.36. The van der Waals surface area contributed by atoms with E-state index in [1.54, 1.807) is 12.1 Å². The van der Waals surface area contributed by atoms with Crippen LogP contribution in [0.1, 0.15) is 32.6 Å². The Labute approximate surface area is 112 Å². The highest BCUT2D eigenvalue weighted by Crippen LogP contribution is 2.21. The van der Waals surface area contributed by atoms with E-state index in [4.69, 9.17) is 10.5 Å². The Bertz CT molecular complexity index is 359. The van der Waals surface area contributed by atoms with Crippen LogP contribution >= 0.6 is 0 Å². The van der Waals surface area contributed by atoms with Crippen LogP contribution in [0, 0.1) is 0 Å². The molecule has 5 heteroatoms. The Morgan fingerprint density at radius 3 is 2.58 bits per heavy atom. The lowest BCUT2D eigenvalue weighted by Crippen LogP contribution is -2.14. The molecule has 3 nitrogen and oxygen atoms in total. The highest BCUT2D eigenvalue weighted by Gasteiger charge is 2.04. The summed E-state index contributed by atoms with van der Waals surface area (Å²) in [5.74, 6) is 0.662. The molecule has 0 unspecified atom stereocenters. The van der Waals surface area contributed by atoms with Crippen molar-refractivity contribution in [3.05, 3.63) is 24.3 Å². The van der Waals surface area contributed by atoms with Crippen LogP contribution in [0.2, 0.25) is 0 Å². The van der Waals surface area contributed by atoms with Crippen molar-refractivity contribution in [2.24, 2.45) is 5.73 Å². The maximum Gasteiger partial charge on any atom is 0.387 e. The van der Waals surface area contributed by atoms with Crippen molar-refractivity contribution >= 4 is 0 Å². The lowest BCUT2D eigenvalue weighted by molar-refractivity contribution is -0.0499. The first-order chi connectivity index (χ1) is 9.08. The number of unbranched alkanes of at least 4 members (excludes halogenated alkanes) is 2. The molecule has 0 aliphatic rings.